The molecule has 0 aliphatic carbocycles. The number of imidazole rings is 1. The summed E-state index contributed by atoms with van der Waals surface area (Å²) in [5, 5.41) is 6.91. The van der Waals surface area contributed by atoms with E-state index in [0.717, 1.165) is 61.1 Å². The van der Waals surface area contributed by atoms with Crippen molar-refractivity contribution >= 4 is 54.6 Å². The standard InChI is InChI=1S/C33H21N3O/c1-20-18-19-34-33-29(20)35-32(36(33)23-9-3-2-4-10-23)27-13-7-12-25-26-17-16-22-15-14-21-8-5-6-11-24(21)28(22)31(26)37-30(25)27/h2-19H,1H3. The van der Waals surface area contributed by atoms with Crippen LogP contribution in [0.25, 0.3) is 71.7 Å². The van der Waals surface area contributed by atoms with Gasteiger partial charge in [-0.25, -0.2) is 9.97 Å². The molecule has 0 saturated heterocycles. The van der Waals surface area contributed by atoms with Gasteiger partial charge in [-0.1, -0.05) is 72.8 Å². The first kappa shape index (κ1) is 20.3. The summed E-state index contributed by atoms with van der Waals surface area (Å²) >= 11 is 0. The molecule has 3 aromatic heterocycles. The molecular formula is C33H21N3O. The third kappa shape index (κ3) is 2.84. The molecular weight excluding hydrogens is 454 g/mol. The van der Waals surface area contributed by atoms with Gasteiger partial charge in [0.15, 0.2) is 11.5 Å². The average molecular weight is 476 g/mol. The van der Waals surface area contributed by atoms with Crippen molar-refractivity contribution < 1.29 is 4.42 Å². The summed E-state index contributed by atoms with van der Waals surface area (Å²) in [4.78, 5) is 9.86. The van der Waals surface area contributed by atoms with Crippen molar-refractivity contribution in [3.63, 3.8) is 0 Å². The number of fused-ring (bicyclic) bond motifs is 8. The van der Waals surface area contributed by atoms with Crippen molar-refractivity contribution in [3.8, 4) is 17.1 Å². The van der Waals surface area contributed by atoms with Crippen molar-refractivity contribution in [2.75, 3.05) is 0 Å². The Bertz CT molecular complexity index is 2150. The number of hydrogen-bond donors (Lipinski definition) is 0. The third-order valence-corrected chi connectivity index (χ3v) is 7.38. The Kier molecular flexibility index (Phi) is 4.12. The van der Waals surface area contributed by atoms with E-state index in [1.807, 2.05) is 30.5 Å². The molecule has 4 nitrogen and oxygen atoms in total. The van der Waals surface area contributed by atoms with Gasteiger partial charge in [0.25, 0.3) is 0 Å². The molecule has 0 radical (unpaired) electrons. The van der Waals surface area contributed by atoms with Crippen LogP contribution >= 0.6 is 0 Å². The highest BCUT2D eigenvalue weighted by atomic mass is 16.3. The molecule has 5 aromatic carbocycles. The fourth-order valence-corrected chi connectivity index (χ4v) is 5.62. The minimum Gasteiger partial charge on any atom is -0.455 e. The molecule has 0 spiro atoms. The highest BCUT2D eigenvalue weighted by Gasteiger charge is 2.21. The van der Waals surface area contributed by atoms with Gasteiger partial charge in [0.2, 0.25) is 0 Å². The second kappa shape index (κ2) is 7.52. The van der Waals surface area contributed by atoms with Crippen LogP contribution in [0.3, 0.4) is 0 Å². The molecule has 4 heteroatoms. The van der Waals surface area contributed by atoms with Crippen LogP contribution < -0.4 is 0 Å². The van der Waals surface area contributed by atoms with Gasteiger partial charge < -0.3 is 4.42 Å². The van der Waals surface area contributed by atoms with Crippen LogP contribution in [-0.4, -0.2) is 14.5 Å². The predicted octanol–water partition coefficient (Wildman–Crippen LogP) is 8.60. The number of hydrogen-bond acceptors (Lipinski definition) is 3. The number of benzene rings is 5. The number of aryl methyl sites for hydroxylation is 1. The van der Waals surface area contributed by atoms with Gasteiger partial charge in [-0.3, -0.25) is 4.57 Å². The van der Waals surface area contributed by atoms with E-state index in [-0.39, 0.29) is 0 Å². The zero-order valence-corrected chi connectivity index (χ0v) is 20.1. The molecule has 0 amide bonds. The SMILES string of the molecule is Cc1ccnc2c1nc(-c1cccc3c1oc1c3ccc3ccc4ccccc4c31)n2-c1ccccc1. The summed E-state index contributed by atoms with van der Waals surface area (Å²) in [6, 6.07) is 35.8. The van der Waals surface area contributed by atoms with E-state index in [1.165, 1.54) is 16.2 Å². The fraction of sp³-hybridized carbons (Fsp3) is 0.0303. The van der Waals surface area contributed by atoms with Gasteiger partial charge >= 0.3 is 0 Å². The summed E-state index contributed by atoms with van der Waals surface area (Å²) < 4.78 is 8.94. The van der Waals surface area contributed by atoms with Gasteiger partial charge in [-0.2, -0.15) is 0 Å². The summed E-state index contributed by atoms with van der Waals surface area (Å²) in [5.74, 6) is 0.821. The summed E-state index contributed by atoms with van der Waals surface area (Å²) in [5.41, 5.74) is 6.54. The number of nitrogens with zero attached hydrogens (tertiary/aromatic N) is 3. The molecule has 8 rings (SSSR count). The van der Waals surface area contributed by atoms with E-state index in [9.17, 15) is 0 Å². The minimum absolute atomic E-state index is 0.821. The zero-order valence-electron chi connectivity index (χ0n) is 20.1. The second-order valence-corrected chi connectivity index (χ2v) is 9.52. The Morgan fingerprint density at radius 3 is 2.32 bits per heavy atom. The van der Waals surface area contributed by atoms with Crippen LogP contribution in [0.5, 0.6) is 0 Å². The molecule has 8 aromatic rings. The fourth-order valence-electron chi connectivity index (χ4n) is 5.62. The molecule has 0 atom stereocenters. The number of para-hydroxylation sites is 2. The van der Waals surface area contributed by atoms with Gasteiger partial charge in [0.05, 0.1) is 5.56 Å². The Morgan fingerprint density at radius 1 is 0.649 bits per heavy atom. The van der Waals surface area contributed by atoms with Crippen LogP contribution in [0.15, 0.2) is 114 Å². The van der Waals surface area contributed by atoms with E-state index in [1.54, 1.807) is 0 Å². The quantitative estimate of drug-likeness (QED) is 0.235. The molecule has 0 saturated carbocycles. The molecule has 174 valence electrons. The monoisotopic (exact) mass is 475 g/mol. The largest absolute Gasteiger partial charge is 0.455 e. The number of aromatic nitrogens is 3. The number of rotatable bonds is 2. The Balaban J connectivity index is 1.52. The molecule has 3 heterocycles. The molecule has 0 bridgehead atoms. The van der Waals surface area contributed by atoms with Gasteiger partial charge in [0.1, 0.15) is 16.7 Å². The summed E-state index contributed by atoms with van der Waals surface area (Å²) in [6.45, 7) is 2.08. The van der Waals surface area contributed by atoms with E-state index >= 15 is 0 Å². The van der Waals surface area contributed by atoms with Crippen LogP contribution in [0.2, 0.25) is 0 Å². The maximum atomic E-state index is 6.80. The van der Waals surface area contributed by atoms with Crippen molar-refractivity contribution in [2.45, 2.75) is 6.92 Å². The Hall–Kier alpha value is -4.96. The lowest BCUT2D eigenvalue weighted by Gasteiger charge is -2.09. The average Bonchev–Trinajstić information content (AvgIpc) is 3.53. The van der Waals surface area contributed by atoms with Crippen LogP contribution in [-0.2, 0) is 0 Å². The topological polar surface area (TPSA) is 43.9 Å². The molecule has 0 aliphatic heterocycles. The Morgan fingerprint density at radius 2 is 1.41 bits per heavy atom. The lowest BCUT2D eigenvalue weighted by molar-refractivity contribution is 0.673. The van der Waals surface area contributed by atoms with Crippen LogP contribution in [0.1, 0.15) is 5.56 Å². The lowest BCUT2D eigenvalue weighted by atomic mass is 9.99. The van der Waals surface area contributed by atoms with Crippen molar-refractivity contribution in [1.82, 2.24) is 14.5 Å². The van der Waals surface area contributed by atoms with Crippen molar-refractivity contribution in [3.05, 3.63) is 115 Å². The molecule has 0 fully saturated rings. The van der Waals surface area contributed by atoms with Crippen LogP contribution in [0, 0.1) is 6.92 Å². The summed E-state index contributed by atoms with van der Waals surface area (Å²) in [6.07, 6.45) is 1.85. The predicted molar refractivity (Wildman–Crippen MR) is 151 cm³/mol. The van der Waals surface area contributed by atoms with Crippen LogP contribution in [0.4, 0.5) is 0 Å². The van der Waals surface area contributed by atoms with Crippen molar-refractivity contribution in [2.24, 2.45) is 0 Å². The second-order valence-electron chi connectivity index (χ2n) is 9.52. The molecule has 37 heavy (non-hydrogen) atoms. The number of pyridine rings is 1. The number of furan rings is 1. The van der Waals surface area contributed by atoms with E-state index < -0.39 is 0 Å². The zero-order chi connectivity index (χ0) is 24.5. The first-order chi connectivity index (χ1) is 18.3. The maximum Gasteiger partial charge on any atom is 0.165 e. The molecule has 0 N–H and O–H groups in total. The Labute approximate surface area is 212 Å². The highest BCUT2D eigenvalue weighted by Crippen LogP contribution is 2.41. The lowest BCUT2D eigenvalue weighted by Crippen LogP contribution is -1.98. The molecule has 0 aliphatic rings. The third-order valence-electron chi connectivity index (χ3n) is 7.38. The minimum atomic E-state index is 0.821. The van der Waals surface area contributed by atoms with Gasteiger partial charge in [-0.05, 0) is 59.0 Å². The van der Waals surface area contributed by atoms with E-state index in [4.69, 9.17) is 14.4 Å². The highest BCUT2D eigenvalue weighted by molar-refractivity contribution is 6.23. The smallest absolute Gasteiger partial charge is 0.165 e. The van der Waals surface area contributed by atoms with E-state index in [0.29, 0.717) is 0 Å². The van der Waals surface area contributed by atoms with E-state index in [2.05, 4.69) is 90.4 Å². The van der Waals surface area contributed by atoms with Gasteiger partial charge in [0, 0.05) is 28.0 Å². The first-order valence-electron chi connectivity index (χ1n) is 12.4. The van der Waals surface area contributed by atoms with Gasteiger partial charge in [-0.15, -0.1) is 0 Å². The normalized spacial score (nSPS) is 11.9. The summed E-state index contributed by atoms with van der Waals surface area (Å²) in [7, 11) is 0. The van der Waals surface area contributed by atoms with Crippen molar-refractivity contribution in [1.29, 1.82) is 0 Å². The molecule has 0 unspecified atom stereocenters. The maximum absolute atomic E-state index is 6.80. The first-order valence-corrected chi connectivity index (χ1v) is 12.4.